The van der Waals surface area contributed by atoms with E-state index in [0.29, 0.717) is 18.0 Å². The number of nitrogens with zero attached hydrogens (tertiary/aromatic N) is 1. The Hall–Kier alpha value is -1.67. The van der Waals surface area contributed by atoms with Crippen molar-refractivity contribution in [3.63, 3.8) is 0 Å². The zero-order valence-corrected chi connectivity index (χ0v) is 13.5. The van der Waals surface area contributed by atoms with E-state index in [4.69, 9.17) is 0 Å². The van der Waals surface area contributed by atoms with Gasteiger partial charge >= 0.3 is 0 Å². The van der Waals surface area contributed by atoms with Gasteiger partial charge in [0.05, 0.1) is 0 Å². The summed E-state index contributed by atoms with van der Waals surface area (Å²) in [7, 11) is 0. The van der Waals surface area contributed by atoms with E-state index in [9.17, 15) is 0 Å². The third-order valence-electron chi connectivity index (χ3n) is 3.81. The number of benzene rings is 1. The van der Waals surface area contributed by atoms with Gasteiger partial charge in [-0.25, -0.2) is 0 Å². The standard InChI is InChI=1S/C19H26N2/c1-14(2)12-17-7-9-18(10-8-17)15(3)21-16(4)19-6-5-11-20-13-19/h5-11,13-16,21H,12H2,1-4H3. The van der Waals surface area contributed by atoms with Crippen LogP contribution in [0, 0.1) is 5.92 Å². The minimum atomic E-state index is 0.295. The molecule has 1 N–H and O–H groups in total. The predicted molar refractivity (Wildman–Crippen MR) is 89.2 cm³/mol. The highest BCUT2D eigenvalue weighted by Crippen LogP contribution is 2.20. The van der Waals surface area contributed by atoms with Crippen molar-refractivity contribution in [1.29, 1.82) is 0 Å². The molecule has 0 radical (unpaired) electrons. The van der Waals surface area contributed by atoms with E-state index < -0.39 is 0 Å². The van der Waals surface area contributed by atoms with Gasteiger partial charge in [-0.1, -0.05) is 44.2 Å². The molecule has 2 rings (SSSR count). The topological polar surface area (TPSA) is 24.9 Å². The number of aromatic nitrogens is 1. The molecule has 2 aromatic rings. The van der Waals surface area contributed by atoms with Crippen molar-refractivity contribution in [2.45, 2.75) is 46.2 Å². The lowest BCUT2D eigenvalue weighted by atomic mass is 9.99. The third kappa shape index (κ3) is 4.68. The third-order valence-corrected chi connectivity index (χ3v) is 3.81. The Morgan fingerprint density at radius 1 is 0.905 bits per heavy atom. The van der Waals surface area contributed by atoms with Crippen LogP contribution in [0.3, 0.4) is 0 Å². The maximum Gasteiger partial charge on any atom is 0.0315 e. The molecule has 0 aliphatic carbocycles. The first-order valence-corrected chi connectivity index (χ1v) is 7.81. The van der Waals surface area contributed by atoms with E-state index in [1.165, 1.54) is 16.7 Å². The zero-order valence-electron chi connectivity index (χ0n) is 13.5. The quantitative estimate of drug-likeness (QED) is 0.831. The molecule has 0 spiro atoms. The Kier molecular flexibility index (Phi) is 5.51. The van der Waals surface area contributed by atoms with Gasteiger partial charge in [-0.05, 0) is 48.9 Å². The smallest absolute Gasteiger partial charge is 0.0315 e. The zero-order chi connectivity index (χ0) is 15.2. The predicted octanol–water partition coefficient (Wildman–Crippen LogP) is 4.69. The Labute approximate surface area is 128 Å². The maximum atomic E-state index is 4.18. The van der Waals surface area contributed by atoms with E-state index in [0.717, 1.165) is 6.42 Å². The van der Waals surface area contributed by atoms with Crippen molar-refractivity contribution in [3.8, 4) is 0 Å². The van der Waals surface area contributed by atoms with Crippen molar-refractivity contribution in [2.24, 2.45) is 5.92 Å². The monoisotopic (exact) mass is 282 g/mol. The van der Waals surface area contributed by atoms with Crippen LogP contribution in [0.15, 0.2) is 48.8 Å². The number of rotatable bonds is 6. The number of nitrogens with one attached hydrogen (secondary N) is 1. The van der Waals surface area contributed by atoms with Crippen LogP contribution in [-0.4, -0.2) is 4.98 Å². The summed E-state index contributed by atoms with van der Waals surface area (Å²) in [6, 6.07) is 13.7. The molecule has 1 aromatic carbocycles. The molecule has 2 heteroatoms. The molecule has 2 unspecified atom stereocenters. The van der Waals surface area contributed by atoms with Crippen LogP contribution in [0.5, 0.6) is 0 Å². The van der Waals surface area contributed by atoms with Gasteiger partial charge in [-0.3, -0.25) is 4.98 Å². The average Bonchev–Trinajstić information content (AvgIpc) is 2.48. The summed E-state index contributed by atoms with van der Waals surface area (Å²) in [5.74, 6) is 0.706. The second kappa shape index (κ2) is 7.37. The Morgan fingerprint density at radius 3 is 2.14 bits per heavy atom. The molecule has 0 saturated heterocycles. The molecule has 0 aliphatic rings. The van der Waals surface area contributed by atoms with Crippen molar-refractivity contribution in [2.75, 3.05) is 0 Å². The Balaban J connectivity index is 1.98. The maximum absolute atomic E-state index is 4.18. The lowest BCUT2D eigenvalue weighted by Crippen LogP contribution is -2.22. The first kappa shape index (κ1) is 15.7. The minimum Gasteiger partial charge on any atom is -0.304 e. The van der Waals surface area contributed by atoms with E-state index in [1.807, 2.05) is 18.5 Å². The summed E-state index contributed by atoms with van der Waals surface area (Å²) < 4.78 is 0. The first-order valence-electron chi connectivity index (χ1n) is 7.81. The second-order valence-electron chi connectivity index (χ2n) is 6.24. The molecule has 0 bridgehead atoms. The van der Waals surface area contributed by atoms with Crippen LogP contribution in [0.2, 0.25) is 0 Å². The van der Waals surface area contributed by atoms with E-state index in [-0.39, 0.29) is 0 Å². The summed E-state index contributed by atoms with van der Waals surface area (Å²) >= 11 is 0. The average molecular weight is 282 g/mol. The van der Waals surface area contributed by atoms with Crippen molar-refractivity contribution >= 4 is 0 Å². The molecule has 0 aliphatic heterocycles. The van der Waals surface area contributed by atoms with E-state index in [2.05, 4.69) is 68.3 Å². The van der Waals surface area contributed by atoms with Crippen LogP contribution >= 0.6 is 0 Å². The minimum absolute atomic E-state index is 0.295. The first-order chi connectivity index (χ1) is 10.1. The molecule has 1 heterocycles. The Bertz CT molecular complexity index is 531. The highest BCUT2D eigenvalue weighted by molar-refractivity contribution is 5.25. The summed E-state index contributed by atoms with van der Waals surface area (Å²) in [4.78, 5) is 4.18. The summed E-state index contributed by atoms with van der Waals surface area (Å²) in [5.41, 5.74) is 3.97. The lowest BCUT2D eigenvalue weighted by Gasteiger charge is -2.21. The van der Waals surface area contributed by atoms with Crippen molar-refractivity contribution in [3.05, 3.63) is 65.5 Å². The Morgan fingerprint density at radius 2 is 1.57 bits per heavy atom. The SMILES string of the molecule is CC(C)Cc1ccc(C(C)NC(C)c2cccnc2)cc1. The number of pyridine rings is 1. The fourth-order valence-electron chi connectivity index (χ4n) is 2.61. The molecular formula is C19H26N2. The van der Waals surface area contributed by atoms with Gasteiger partial charge in [0.25, 0.3) is 0 Å². The highest BCUT2D eigenvalue weighted by Gasteiger charge is 2.11. The van der Waals surface area contributed by atoms with Crippen molar-refractivity contribution in [1.82, 2.24) is 10.3 Å². The summed E-state index contributed by atoms with van der Waals surface area (Å²) in [5, 5.41) is 3.63. The van der Waals surface area contributed by atoms with Crippen LogP contribution in [0.4, 0.5) is 0 Å². The van der Waals surface area contributed by atoms with Crippen molar-refractivity contribution < 1.29 is 0 Å². The normalized spacial score (nSPS) is 14.1. The molecule has 112 valence electrons. The molecule has 2 atom stereocenters. The summed E-state index contributed by atoms with van der Waals surface area (Å²) in [6.07, 6.45) is 4.89. The van der Waals surface area contributed by atoms with Crippen LogP contribution in [0.1, 0.15) is 56.5 Å². The van der Waals surface area contributed by atoms with Crippen LogP contribution in [-0.2, 0) is 6.42 Å². The van der Waals surface area contributed by atoms with Crippen LogP contribution in [0.25, 0.3) is 0 Å². The largest absolute Gasteiger partial charge is 0.304 e. The van der Waals surface area contributed by atoms with Gasteiger partial charge in [-0.2, -0.15) is 0 Å². The molecule has 2 nitrogen and oxygen atoms in total. The number of hydrogen-bond donors (Lipinski definition) is 1. The fourth-order valence-corrected chi connectivity index (χ4v) is 2.61. The van der Waals surface area contributed by atoms with E-state index >= 15 is 0 Å². The molecule has 0 fully saturated rings. The summed E-state index contributed by atoms with van der Waals surface area (Å²) in [6.45, 7) is 8.91. The van der Waals surface area contributed by atoms with Gasteiger partial charge in [0.2, 0.25) is 0 Å². The van der Waals surface area contributed by atoms with Crippen LogP contribution < -0.4 is 5.32 Å². The molecular weight excluding hydrogens is 256 g/mol. The molecule has 21 heavy (non-hydrogen) atoms. The molecule has 1 aromatic heterocycles. The van der Waals surface area contributed by atoms with Gasteiger partial charge in [-0.15, -0.1) is 0 Å². The molecule has 0 amide bonds. The van der Waals surface area contributed by atoms with Gasteiger partial charge < -0.3 is 5.32 Å². The number of hydrogen-bond acceptors (Lipinski definition) is 2. The van der Waals surface area contributed by atoms with Gasteiger partial charge in [0.15, 0.2) is 0 Å². The fraction of sp³-hybridized carbons (Fsp3) is 0.421. The van der Waals surface area contributed by atoms with Gasteiger partial charge in [0.1, 0.15) is 0 Å². The second-order valence-corrected chi connectivity index (χ2v) is 6.24. The highest BCUT2D eigenvalue weighted by atomic mass is 14.9. The lowest BCUT2D eigenvalue weighted by molar-refractivity contribution is 0.493. The van der Waals surface area contributed by atoms with E-state index in [1.54, 1.807) is 0 Å². The van der Waals surface area contributed by atoms with Gasteiger partial charge in [0, 0.05) is 24.5 Å². The molecule has 0 saturated carbocycles.